The van der Waals surface area contributed by atoms with Crippen molar-refractivity contribution >= 4 is 23.0 Å². The van der Waals surface area contributed by atoms with Gasteiger partial charge in [0.1, 0.15) is 5.84 Å². The van der Waals surface area contributed by atoms with Crippen LogP contribution in [0.2, 0.25) is 0 Å². The van der Waals surface area contributed by atoms with Crippen molar-refractivity contribution in [3.8, 4) is 11.1 Å². The number of hydrogen-bond donors (Lipinski definition) is 5. The normalized spacial score (nSPS) is 10.5. The van der Waals surface area contributed by atoms with E-state index in [4.69, 9.17) is 16.9 Å². The summed E-state index contributed by atoms with van der Waals surface area (Å²) in [6, 6.07) is 15.2. The average Bonchev–Trinajstić information content (AvgIpc) is 2.64. The van der Waals surface area contributed by atoms with Crippen LogP contribution in [0.1, 0.15) is 16.7 Å². The molecule has 0 radical (unpaired) electrons. The van der Waals surface area contributed by atoms with E-state index >= 15 is 0 Å². The minimum atomic E-state index is -0.137. The lowest BCUT2D eigenvalue weighted by Gasteiger charge is -2.16. The highest BCUT2D eigenvalue weighted by atomic mass is 16.3. The average molecular weight is 347 g/mol. The molecule has 3 rings (SSSR count). The number of nitrogens with one attached hydrogen (secondary N) is 2. The summed E-state index contributed by atoms with van der Waals surface area (Å²) >= 11 is 0. The van der Waals surface area contributed by atoms with E-state index in [0.29, 0.717) is 22.6 Å². The van der Waals surface area contributed by atoms with E-state index < -0.39 is 0 Å². The fraction of sp³-hybridized carbons (Fsp3) is 0.100. The second kappa shape index (κ2) is 7.25. The Morgan fingerprint density at radius 3 is 2.65 bits per heavy atom. The first-order chi connectivity index (χ1) is 12.5. The Morgan fingerprint density at radius 2 is 1.96 bits per heavy atom. The standard InChI is InChI=1S/C20H21N5O/c1-12-5-2-3-8-16(12)25-20-18(21)17(19(22)23)15(10-24-20)14-7-4-6-13(9-14)11-26/h2-10,26H,11,21H2,1H3,(H3,22,23)(H,24,25). The summed E-state index contributed by atoms with van der Waals surface area (Å²) in [4.78, 5) is 4.44. The molecule has 0 aliphatic rings. The molecule has 0 saturated carbocycles. The lowest BCUT2D eigenvalue weighted by Crippen LogP contribution is -2.17. The zero-order chi connectivity index (χ0) is 18.7. The molecule has 26 heavy (non-hydrogen) atoms. The Morgan fingerprint density at radius 1 is 1.19 bits per heavy atom. The van der Waals surface area contributed by atoms with E-state index in [0.717, 1.165) is 22.4 Å². The van der Waals surface area contributed by atoms with Crippen LogP contribution in [0.25, 0.3) is 11.1 Å². The number of amidine groups is 1. The third-order valence-corrected chi connectivity index (χ3v) is 4.20. The summed E-state index contributed by atoms with van der Waals surface area (Å²) in [6.45, 7) is 1.91. The van der Waals surface area contributed by atoms with E-state index in [1.54, 1.807) is 6.20 Å². The van der Waals surface area contributed by atoms with Gasteiger partial charge in [0.05, 0.1) is 17.9 Å². The number of nitrogens with two attached hydrogens (primary N) is 2. The quantitative estimate of drug-likeness (QED) is 0.358. The minimum Gasteiger partial charge on any atom is -0.395 e. The number of para-hydroxylation sites is 1. The van der Waals surface area contributed by atoms with Crippen LogP contribution in [0.3, 0.4) is 0 Å². The van der Waals surface area contributed by atoms with Crippen LogP contribution in [0.4, 0.5) is 17.2 Å². The molecule has 0 amide bonds. The van der Waals surface area contributed by atoms with Gasteiger partial charge in [-0.1, -0.05) is 36.4 Å². The van der Waals surface area contributed by atoms with Gasteiger partial charge in [0.2, 0.25) is 0 Å². The molecule has 2 aromatic carbocycles. The number of hydrogen-bond acceptors (Lipinski definition) is 5. The lowest BCUT2D eigenvalue weighted by molar-refractivity contribution is 0.282. The molecule has 6 nitrogen and oxygen atoms in total. The molecule has 0 bridgehead atoms. The monoisotopic (exact) mass is 347 g/mol. The summed E-state index contributed by atoms with van der Waals surface area (Å²) in [7, 11) is 0. The van der Waals surface area contributed by atoms with Crippen molar-refractivity contribution in [2.45, 2.75) is 13.5 Å². The van der Waals surface area contributed by atoms with Gasteiger partial charge in [-0.05, 0) is 35.7 Å². The van der Waals surface area contributed by atoms with Gasteiger partial charge in [0.25, 0.3) is 0 Å². The molecule has 0 fully saturated rings. The predicted octanol–water partition coefficient (Wildman–Crippen LogP) is 3.16. The number of nitrogens with zero attached hydrogens (tertiary/aromatic N) is 1. The molecule has 0 saturated heterocycles. The maximum atomic E-state index is 9.36. The van der Waals surface area contributed by atoms with Crippen molar-refractivity contribution in [1.29, 1.82) is 5.41 Å². The molecule has 3 aromatic rings. The zero-order valence-corrected chi connectivity index (χ0v) is 14.5. The highest BCUT2D eigenvalue weighted by molar-refractivity contribution is 6.08. The molecular formula is C20H21N5O. The van der Waals surface area contributed by atoms with Crippen molar-refractivity contribution < 1.29 is 5.11 Å². The summed E-state index contributed by atoms with van der Waals surface area (Å²) < 4.78 is 0. The van der Waals surface area contributed by atoms with Gasteiger partial charge in [-0.3, -0.25) is 5.41 Å². The number of aliphatic hydroxyl groups is 1. The molecular weight excluding hydrogens is 326 g/mol. The van der Waals surface area contributed by atoms with E-state index in [2.05, 4.69) is 10.3 Å². The van der Waals surface area contributed by atoms with Crippen LogP contribution in [0.5, 0.6) is 0 Å². The summed E-state index contributed by atoms with van der Waals surface area (Å²) in [6.07, 6.45) is 1.64. The molecule has 0 atom stereocenters. The van der Waals surface area contributed by atoms with E-state index in [-0.39, 0.29) is 12.4 Å². The molecule has 0 aliphatic carbocycles. The molecule has 0 spiro atoms. The highest BCUT2D eigenvalue weighted by Gasteiger charge is 2.17. The maximum absolute atomic E-state index is 9.36. The van der Waals surface area contributed by atoms with Gasteiger partial charge in [0.15, 0.2) is 5.82 Å². The van der Waals surface area contributed by atoms with E-state index in [9.17, 15) is 5.11 Å². The number of aliphatic hydroxyl groups excluding tert-OH is 1. The highest BCUT2D eigenvalue weighted by Crippen LogP contribution is 2.33. The Bertz CT molecular complexity index is 968. The van der Waals surface area contributed by atoms with Crippen LogP contribution >= 0.6 is 0 Å². The number of aromatic nitrogens is 1. The van der Waals surface area contributed by atoms with Crippen molar-refractivity contribution in [2.75, 3.05) is 11.1 Å². The number of pyridine rings is 1. The largest absolute Gasteiger partial charge is 0.395 e. The van der Waals surface area contributed by atoms with Gasteiger partial charge in [-0.25, -0.2) is 4.98 Å². The summed E-state index contributed by atoms with van der Waals surface area (Å²) in [5.74, 6) is 0.314. The topological polar surface area (TPSA) is 121 Å². The van der Waals surface area contributed by atoms with Crippen LogP contribution in [0, 0.1) is 12.3 Å². The third kappa shape index (κ3) is 3.36. The second-order valence-electron chi connectivity index (χ2n) is 6.02. The Labute approximate surface area is 152 Å². The van der Waals surface area contributed by atoms with Crippen LogP contribution < -0.4 is 16.8 Å². The molecule has 1 aromatic heterocycles. The zero-order valence-electron chi connectivity index (χ0n) is 14.5. The summed E-state index contributed by atoms with van der Waals surface area (Å²) in [5.41, 5.74) is 17.0. The van der Waals surface area contributed by atoms with Gasteiger partial charge >= 0.3 is 0 Å². The second-order valence-corrected chi connectivity index (χ2v) is 6.02. The number of benzene rings is 2. The van der Waals surface area contributed by atoms with Crippen molar-refractivity contribution in [3.63, 3.8) is 0 Å². The van der Waals surface area contributed by atoms with Gasteiger partial charge in [-0.15, -0.1) is 0 Å². The van der Waals surface area contributed by atoms with Gasteiger partial charge in [0, 0.05) is 17.4 Å². The Hall–Kier alpha value is -3.38. The number of rotatable bonds is 5. The number of nitrogen functional groups attached to an aromatic ring is 2. The van der Waals surface area contributed by atoms with Crippen molar-refractivity contribution in [1.82, 2.24) is 4.98 Å². The third-order valence-electron chi connectivity index (χ3n) is 4.20. The Kier molecular flexibility index (Phi) is 4.86. The minimum absolute atomic E-state index is 0.0704. The van der Waals surface area contributed by atoms with E-state index in [1.807, 2.05) is 55.5 Å². The number of aryl methyl sites for hydroxylation is 1. The number of anilines is 3. The first-order valence-electron chi connectivity index (χ1n) is 8.17. The van der Waals surface area contributed by atoms with Crippen molar-refractivity contribution in [3.05, 3.63) is 71.4 Å². The van der Waals surface area contributed by atoms with Crippen LogP contribution in [-0.2, 0) is 6.61 Å². The molecule has 1 heterocycles. The SMILES string of the molecule is Cc1ccccc1Nc1ncc(-c2cccc(CO)c2)c(C(=N)N)c1N. The first-order valence-corrected chi connectivity index (χ1v) is 8.17. The fourth-order valence-electron chi connectivity index (χ4n) is 2.81. The van der Waals surface area contributed by atoms with Crippen LogP contribution in [-0.4, -0.2) is 15.9 Å². The molecule has 132 valence electrons. The molecule has 0 unspecified atom stereocenters. The Balaban J connectivity index is 2.10. The lowest BCUT2D eigenvalue weighted by atomic mass is 9.98. The molecule has 0 aliphatic heterocycles. The van der Waals surface area contributed by atoms with Gasteiger partial charge < -0.3 is 21.9 Å². The van der Waals surface area contributed by atoms with Crippen LogP contribution in [0.15, 0.2) is 54.7 Å². The summed E-state index contributed by atoms with van der Waals surface area (Å²) in [5, 5.41) is 20.5. The van der Waals surface area contributed by atoms with Gasteiger partial charge in [-0.2, -0.15) is 0 Å². The van der Waals surface area contributed by atoms with Crippen molar-refractivity contribution in [2.24, 2.45) is 5.73 Å². The maximum Gasteiger partial charge on any atom is 0.154 e. The van der Waals surface area contributed by atoms with E-state index in [1.165, 1.54) is 0 Å². The first kappa shape index (κ1) is 17.4. The molecule has 6 heteroatoms. The fourth-order valence-corrected chi connectivity index (χ4v) is 2.81. The predicted molar refractivity (Wildman–Crippen MR) is 105 cm³/mol. The smallest absolute Gasteiger partial charge is 0.154 e. The molecule has 7 N–H and O–H groups in total.